The molecule has 240 valence electrons. The maximum atomic E-state index is 11.9. The summed E-state index contributed by atoms with van der Waals surface area (Å²) in [7, 11) is 0. The van der Waals surface area contributed by atoms with Gasteiger partial charge in [-0.25, -0.2) is 0 Å². The smallest absolute Gasteiger partial charge is 0.313 e. The van der Waals surface area contributed by atoms with Crippen LogP contribution in [0.15, 0.2) is 0 Å². The molecule has 0 aromatic heterocycles. The van der Waals surface area contributed by atoms with E-state index in [0.717, 1.165) is 25.7 Å². The highest BCUT2D eigenvalue weighted by Gasteiger charge is 2.09. The lowest BCUT2D eigenvalue weighted by molar-refractivity contribution is -0.159. The van der Waals surface area contributed by atoms with Crippen molar-refractivity contribution in [3.63, 3.8) is 0 Å². The molecular weight excluding hydrogens is 494 g/mol. The van der Waals surface area contributed by atoms with Gasteiger partial charge in [-0.1, -0.05) is 194 Å². The van der Waals surface area contributed by atoms with Crippen LogP contribution in [-0.4, -0.2) is 11.9 Å². The van der Waals surface area contributed by atoms with Gasteiger partial charge in [0.25, 0.3) is 0 Å². The molecule has 0 bridgehead atoms. The predicted octanol–water partition coefficient (Wildman–Crippen LogP) is 12.7. The zero-order valence-electron chi connectivity index (χ0n) is 27.6. The van der Waals surface area contributed by atoms with Crippen LogP contribution in [0.3, 0.4) is 0 Å². The number of esters is 2. The van der Waals surface area contributed by atoms with Crippen molar-refractivity contribution in [1.82, 2.24) is 6.15 Å². The van der Waals surface area contributed by atoms with Gasteiger partial charge in [-0.15, -0.1) is 0 Å². The fourth-order valence-electron chi connectivity index (χ4n) is 5.51. The molecular formula is C36H73NO3. The zero-order valence-corrected chi connectivity index (χ0v) is 27.6. The van der Waals surface area contributed by atoms with E-state index in [4.69, 9.17) is 4.74 Å². The first-order chi connectivity index (χ1) is 19.2. The summed E-state index contributed by atoms with van der Waals surface area (Å²) >= 11 is 0. The molecule has 0 aliphatic heterocycles. The summed E-state index contributed by atoms with van der Waals surface area (Å²) in [4.78, 5) is 23.8. The van der Waals surface area contributed by atoms with Crippen molar-refractivity contribution in [1.29, 1.82) is 0 Å². The first-order valence-electron chi connectivity index (χ1n) is 17.9. The Labute approximate surface area is 251 Å². The minimum Gasteiger partial charge on any atom is -0.393 e. The molecule has 0 heterocycles. The van der Waals surface area contributed by atoms with Gasteiger partial charge in [0.1, 0.15) is 0 Å². The standard InChI is InChI=1S/C36H70O3.H3N/c1-3-5-7-9-11-13-15-17-19-21-23-25-27-29-31-33-35(37)39-36(38)34-32-30-28-26-24-22-20-18-16-14-12-10-8-6-4-2;/h3-34H2,1-2H3;1H3. The Bertz CT molecular complexity index is 464. The number of ether oxygens (including phenoxy) is 1. The molecule has 0 aromatic rings. The Morgan fingerprint density at radius 2 is 0.500 bits per heavy atom. The summed E-state index contributed by atoms with van der Waals surface area (Å²) in [6.07, 6.45) is 40.1. The summed E-state index contributed by atoms with van der Waals surface area (Å²) in [6.45, 7) is 4.55. The molecule has 0 aliphatic rings. The largest absolute Gasteiger partial charge is 0.393 e. The molecule has 0 unspecified atom stereocenters. The van der Waals surface area contributed by atoms with Crippen molar-refractivity contribution in [2.45, 2.75) is 219 Å². The number of hydrogen-bond acceptors (Lipinski definition) is 4. The van der Waals surface area contributed by atoms with E-state index in [1.807, 2.05) is 0 Å². The van der Waals surface area contributed by atoms with Gasteiger partial charge in [0, 0.05) is 12.8 Å². The third-order valence-corrected chi connectivity index (χ3v) is 8.20. The minimum atomic E-state index is -0.323. The lowest BCUT2D eigenvalue weighted by Crippen LogP contribution is -2.11. The molecule has 3 N–H and O–H groups in total. The minimum absolute atomic E-state index is 0. The monoisotopic (exact) mass is 568 g/mol. The van der Waals surface area contributed by atoms with Crippen LogP contribution in [-0.2, 0) is 14.3 Å². The Balaban J connectivity index is 0. The van der Waals surface area contributed by atoms with Gasteiger partial charge >= 0.3 is 11.9 Å². The van der Waals surface area contributed by atoms with Crippen molar-refractivity contribution < 1.29 is 14.3 Å². The van der Waals surface area contributed by atoms with Crippen LogP contribution >= 0.6 is 0 Å². The zero-order chi connectivity index (χ0) is 28.5. The fraction of sp³-hybridized carbons (Fsp3) is 0.944. The Morgan fingerprint density at radius 3 is 0.700 bits per heavy atom. The summed E-state index contributed by atoms with van der Waals surface area (Å²) in [5.41, 5.74) is 0. The second kappa shape index (κ2) is 36.1. The van der Waals surface area contributed by atoms with Crippen LogP contribution in [0, 0.1) is 0 Å². The lowest BCUT2D eigenvalue weighted by atomic mass is 10.0. The van der Waals surface area contributed by atoms with Crippen molar-refractivity contribution in [3.05, 3.63) is 0 Å². The fourth-order valence-corrected chi connectivity index (χ4v) is 5.51. The molecule has 0 saturated carbocycles. The van der Waals surface area contributed by atoms with Gasteiger partial charge in [0.05, 0.1) is 0 Å². The lowest BCUT2D eigenvalue weighted by Gasteiger charge is -2.05. The van der Waals surface area contributed by atoms with Crippen LogP contribution in [0.25, 0.3) is 0 Å². The molecule has 0 rings (SSSR count). The second-order valence-electron chi connectivity index (χ2n) is 12.2. The number of carbonyl (C=O) groups is 2. The van der Waals surface area contributed by atoms with E-state index in [9.17, 15) is 9.59 Å². The highest BCUT2D eigenvalue weighted by atomic mass is 16.6. The van der Waals surface area contributed by atoms with E-state index < -0.39 is 0 Å². The van der Waals surface area contributed by atoms with Crippen molar-refractivity contribution >= 4 is 11.9 Å². The quantitative estimate of drug-likeness (QED) is 0.0498. The molecule has 0 radical (unpaired) electrons. The predicted molar refractivity (Wildman–Crippen MR) is 175 cm³/mol. The summed E-state index contributed by atoms with van der Waals surface area (Å²) < 4.78 is 5.01. The number of rotatable bonds is 32. The molecule has 0 fully saturated rings. The van der Waals surface area contributed by atoms with E-state index in [1.165, 1.54) is 167 Å². The Kier molecular flexibility index (Phi) is 37.2. The van der Waals surface area contributed by atoms with Gasteiger partial charge in [-0.05, 0) is 12.8 Å². The van der Waals surface area contributed by atoms with Gasteiger partial charge in [0.15, 0.2) is 0 Å². The SMILES string of the molecule is CCCCCCCCCCCCCCCCCC(=O)OC(=O)CCCCCCCCCCCCCCCCC.N. The maximum Gasteiger partial charge on any atom is 0.313 e. The summed E-state index contributed by atoms with van der Waals surface area (Å²) in [5, 5.41) is 0. The van der Waals surface area contributed by atoms with E-state index in [1.54, 1.807) is 0 Å². The molecule has 0 aliphatic carbocycles. The maximum absolute atomic E-state index is 11.9. The van der Waals surface area contributed by atoms with Crippen molar-refractivity contribution in [2.75, 3.05) is 0 Å². The van der Waals surface area contributed by atoms with Crippen molar-refractivity contribution in [3.8, 4) is 0 Å². The van der Waals surface area contributed by atoms with E-state index in [-0.39, 0.29) is 18.1 Å². The topological polar surface area (TPSA) is 78.4 Å². The first-order valence-corrected chi connectivity index (χ1v) is 17.9. The molecule has 4 heteroatoms. The van der Waals surface area contributed by atoms with Crippen LogP contribution in [0.2, 0.25) is 0 Å². The van der Waals surface area contributed by atoms with Crippen molar-refractivity contribution in [2.24, 2.45) is 0 Å². The third-order valence-electron chi connectivity index (χ3n) is 8.20. The molecule has 4 nitrogen and oxygen atoms in total. The first kappa shape index (κ1) is 41.2. The van der Waals surface area contributed by atoms with Gasteiger partial charge in [0.2, 0.25) is 0 Å². The van der Waals surface area contributed by atoms with E-state index >= 15 is 0 Å². The average molecular weight is 568 g/mol. The summed E-state index contributed by atoms with van der Waals surface area (Å²) in [5.74, 6) is -0.647. The van der Waals surface area contributed by atoms with Crippen LogP contribution < -0.4 is 6.15 Å². The number of carbonyl (C=O) groups excluding carboxylic acids is 2. The Morgan fingerprint density at radius 1 is 0.325 bits per heavy atom. The molecule has 0 saturated heterocycles. The van der Waals surface area contributed by atoms with Gasteiger partial charge in [-0.3, -0.25) is 9.59 Å². The molecule has 0 atom stereocenters. The number of unbranched alkanes of at least 4 members (excludes halogenated alkanes) is 28. The van der Waals surface area contributed by atoms with Crippen LogP contribution in [0.1, 0.15) is 219 Å². The van der Waals surface area contributed by atoms with Gasteiger partial charge < -0.3 is 10.9 Å². The highest BCUT2D eigenvalue weighted by Crippen LogP contribution is 2.15. The van der Waals surface area contributed by atoms with Gasteiger partial charge in [-0.2, -0.15) is 0 Å². The van der Waals surface area contributed by atoms with Crippen LogP contribution in [0.5, 0.6) is 0 Å². The Hall–Kier alpha value is -0.900. The molecule has 0 spiro atoms. The average Bonchev–Trinajstić information content (AvgIpc) is 2.93. The molecule has 40 heavy (non-hydrogen) atoms. The third kappa shape index (κ3) is 35.1. The van der Waals surface area contributed by atoms with Crippen LogP contribution in [0.4, 0.5) is 0 Å². The molecule has 0 aromatic carbocycles. The van der Waals surface area contributed by atoms with E-state index in [0.29, 0.717) is 12.8 Å². The van der Waals surface area contributed by atoms with E-state index in [2.05, 4.69) is 13.8 Å². The second-order valence-corrected chi connectivity index (χ2v) is 12.2. The molecule has 0 amide bonds. The summed E-state index contributed by atoms with van der Waals surface area (Å²) in [6, 6.07) is 0. The normalized spacial score (nSPS) is 10.9. The number of hydrogen-bond donors (Lipinski definition) is 1. The highest BCUT2D eigenvalue weighted by molar-refractivity contribution is 5.85.